The number of methoxy groups -OCH3 is 1. The molecule has 0 atom stereocenters. The molecule has 0 saturated carbocycles. The van der Waals surface area contributed by atoms with E-state index in [4.69, 9.17) is 13.6 Å². The Kier molecular flexibility index (Phi) is 6.65. The average Bonchev–Trinajstić information content (AvgIpc) is 3.39. The van der Waals surface area contributed by atoms with Crippen LogP contribution in [0.15, 0.2) is 87.9 Å². The Morgan fingerprint density at radius 1 is 1.00 bits per heavy atom. The van der Waals surface area contributed by atoms with E-state index in [1.54, 1.807) is 33.3 Å². The van der Waals surface area contributed by atoms with Crippen LogP contribution in [0.5, 0.6) is 5.75 Å². The lowest BCUT2D eigenvalue weighted by molar-refractivity contribution is 0.0874. The van der Waals surface area contributed by atoms with Gasteiger partial charge in [0, 0.05) is 6.54 Å². The van der Waals surface area contributed by atoms with Crippen LogP contribution in [0.25, 0.3) is 0 Å². The van der Waals surface area contributed by atoms with Gasteiger partial charge in [-0.05, 0) is 67.0 Å². The minimum Gasteiger partial charge on any atom is -0.497 e. The summed E-state index contributed by atoms with van der Waals surface area (Å²) in [7, 11) is 1.66. The highest BCUT2D eigenvalue weighted by atomic mass is 16.5. The Balaban J connectivity index is 1.83. The maximum atomic E-state index is 11.0. The summed E-state index contributed by atoms with van der Waals surface area (Å²) in [5.74, 6) is 2.85. The molecule has 158 valence electrons. The first-order valence-electron chi connectivity index (χ1n) is 9.84. The number of ether oxygens (including phenoxy) is 1. The Hall–Kier alpha value is -3.02. The van der Waals surface area contributed by atoms with Gasteiger partial charge >= 0.3 is 0 Å². The van der Waals surface area contributed by atoms with Crippen molar-refractivity contribution in [3.8, 4) is 5.75 Å². The largest absolute Gasteiger partial charge is 0.497 e. The third kappa shape index (κ3) is 4.75. The fourth-order valence-electron chi connectivity index (χ4n) is 3.48. The van der Waals surface area contributed by atoms with E-state index in [2.05, 4.69) is 24.1 Å². The first kappa shape index (κ1) is 21.7. The summed E-state index contributed by atoms with van der Waals surface area (Å²) in [5.41, 5.74) is 0.879. The molecule has 0 radical (unpaired) electrons. The molecule has 0 aliphatic heterocycles. The molecule has 2 heterocycles. The van der Waals surface area contributed by atoms with Crippen LogP contribution in [-0.2, 0) is 25.2 Å². The average molecular weight is 408 g/mol. The monoisotopic (exact) mass is 407 g/mol. The zero-order valence-corrected chi connectivity index (χ0v) is 17.9. The lowest BCUT2D eigenvalue weighted by atomic mass is 9.87. The summed E-state index contributed by atoms with van der Waals surface area (Å²) < 4.78 is 16.9. The van der Waals surface area contributed by atoms with Gasteiger partial charge in [0.25, 0.3) is 0 Å². The highest BCUT2D eigenvalue weighted by Crippen LogP contribution is 2.36. The first-order chi connectivity index (χ1) is 14.3. The van der Waals surface area contributed by atoms with E-state index in [-0.39, 0.29) is 0 Å². The van der Waals surface area contributed by atoms with E-state index in [1.165, 1.54) is 0 Å². The lowest BCUT2D eigenvalue weighted by Gasteiger charge is -2.27. The van der Waals surface area contributed by atoms with Crippen LogP contribution in [0.3, 0.4) is 0 Å². The van der Waals surface area contributed by atoms with Gasteiger partial charge in [-0.2, -0.15) is 0 Å². The van der Waals surface area contributed by atoms with E-state index in [1.807, 2.05) is 36.4 Å². The van der Waals surface area contributed by atoms with Gasteiger partial charge in [-0.1, -0.05) is 25.3 Å². The van der Waals surface area contributed by atoms with Crippen LogP contribution in [0.2, 0.25) is 0 Å². The SMILES string of the molecule is C=C(C)C(O)(C(=C)C)c1ccc(CN(Cc2cccc(OC)c2)Cc2ccco2)o1. The first-order valence-corrected chi connectivity index (χ1v) is 9.84. The minimum atomic E-state index is -1.38. The highest BCUT2D eigenvalue weighted by molar-refractivity contribution is 5.35. The summed E-state index contributed by atoms with van der Waals surface area (Å²) in [5, 5.41) is 11.0. The van der Waals surface area contributed by atoms with Crippen LogP contribution in [-0.4, -0.2) is 17.1 Å². The van der Waals surface area contributed by atoms with Crippen molar-refractivity contribution < 1.29 is 18.7 Å². The van der Waals surface area contributed by atoms with Gasteiger partial charge in [0.2, 0.25) is 0 Å². The third-order valence-corrected chi connectivity index (χ3v) is 5.13. The molecule has 0 fully saturated rings. The molecule has 3 rings (SSSR count). The Morgan fingerprint density at radius 3 is 2.37 bits per heavy atom. The number of rotatable bonds is 10. The second-order valence-corrected chi connectivity index (χ2v) is 7.61. The normalized spacial score (nSPS) is 11.6. The van der Waals surface area contributed by atoms with Gasteiger partial charge in [-0.3, -0.25) is 4.90 Å². The molecule has 0 aliphatic rings. The predicted octanol–water partition coefficient (Wildman–Crippen LogP) is 5.42. The quantitative estimate of drug-likeness (QED) is 0.455. The molecule has 3 aromatic rings. The van der Waals surface area contributed by atoms with Crippen molar-refractivity contribution in [1.82, 2.24) is 4.90 Å². The molecule has 30 heavy (non-hydrogen) atoms. The molecule has 5 heteroatoms. The summed E-state index contributed by atoms with van der Waals surface area (Å²) in [4.78, 5) is 2.21. The second kappa shape index (κ2) is 9.20. The summed E-state index contributed by atoms with van der Waals surface area (Å²) in [6, 6.07) is 15.5. The number of furan rings is 2. The topological polar surface area (TPSA) is 59.0 Å². The van der Waals surface area contributed by atoms with E-state index >= 15 is 0 Å². The predicted molar refractivity (Wildman–Crippen MR) is 117 cm³/mol. The Bertz CT molecular complexity index is 986. The molecule has 1 aromatic carbocycles. The van der Waals surface area contributed by atoms with Crippen molar-refractivity contribution in [1.29, 1.82) is 0 Å². The molecule has 0 unspecified atom stereocenters. The number of aliphatic hydroxyl groups is 1. The van der Waals surface area contributed by atoms with E-state index in [0.29, 0.717) is 36.5 Å². The van der Waals surface area contributed by atoms with Gasteiger partial charge in [0.1, 0.15) is 23.0 Å². The fourth-order valence-corrected chi connectivity index (χ4v) is 3.48. The van der Waals surface area contributed by atoms with Gasteiger partial charge in [-0.15, -0.1) is 0 Å². The minimum absolute atomic E-state index is 0.428. The number of benzene rings is 1. The van der Waals surface area contributed by atoms with Crippen LogP contribution in [0.4, 0.5) is 0 Å². The Labute approximate surface area is 177 Å². The van der Waals surface area contributed by atoms with E-state index < -0.39 is 5.60 Å². The molecule has 1 N–H and O–H groups in total. The molecule has 0 amide bonds. The fraction of sp³-hybridized carbons (Fsp3) is 0.280. The van der Waals surface area contributed by atoms with Crippen molar-refractivity contribution in [3.05, 3.63) is 102 Å². The zero-order valence-electron chi connectivity index (χ0n) is 17.9. The van der Waals surface area contributed by atoms with E-state index in [9.17, 15) is 5.11 Å². The van der Waals surface area contributed by atoms with Crippen LogP contribution in [0.1, 0.15) is 36.7 Å². The maximum Gasteiger partial charge on any atom is 0.163 e. The molecule has 0 saturated heterocycles. The standard InChI is InChI=1S/C25H29NO4/c1-18(2)25(27,19(3)4)24-12-11-23(30-24)17-26(16-22-10-7-13-29-22)15-20-8-6-9-21(14-20)28-5/h6-14,27H,1,3,15-17H2,2,4-5H3. The molecule has 2 aromatic heterocycles. The molecule has 0 spiro atoms. The maximum absolute atomic E-state index is 11.0. The van der Waals surface area contributed by atoms with Gasteiger partial charge < -0.3 is 18.7 Å². The lowest BCUT2D eigenvalue weighted by Crippen LogP contribution is -2.27. The number of nitrogens with zero attached hydrogens (tertiary/aromatic N) is 1. The van der Waals surface area contributed by atoms with Gasteiger partial charge in [0.05, 0.1) is 26.5 Å². The molecule has 0 bridgehead atoms. The molecule has 0 aliphatic carbocycles. The highest BCUT2D eigenvalue weighted by Gasteiger charge is 2.35. The smallest absolute Gasteiger partial charge is 0.163 e. The van der Waals surface area contributed by atoms with Crippen LogP contribution >= 0.6 is 0 Å². The second-order valence-electron chi connectivity index (χ2n) is 7.61. The van der Waals surface area contributed by atoms with Crippen molar-refractivity contribution in [2.45, 2.75) is 39.1 Å². The number of hydrogen-bond donors (Lipinski definition) is 1. The van der Waals surface area contributed by atoms with Crippen LogP contribution < -0.4 is 4.74 Å². The van der Waals surface area contributed by atoms with Crippen molar-refractivity contribution >= 4 is 0 Å². The summed E-state index contributed by atoms with van der Waals surface area (Å²) in [6.45, 7) is 13.2. The van der Waals surface area contributed by atoms with Crippen molar-refractivity contribution in [2.75, 3.05) is 7.11 Å². The molecular formula is C25H29NO4. The van der Waals surface area contributed by atoms with Gasteiger partial charge in [0.15, 0.2) is 5.60 Å². The third-order valence-electron chi connectivity index (χ3n) is 5.13. The van der Waals surface area contributed by atoms with Crippen molar-refractivity contribution in [3.63, 3.8) is 0 Å². The van der Waals surface area contributed by atoms with Gasteiger partial charge in [-0.25, -0.2) is 0 Å². The molecular weight excluding hydrogens is 378 g/mol. The number of hydrogen-bond acceptors (Lipinski definition) is 5. The molecule has 5 nitrogen and oxygen atoms in total. The van der Waals surface area contributed by atoms with Crippen LogP contribution in [0, 0.1) is 0 Å². The summed E-state index contributed by atoms with van der Waals surface area (Å²) >= 11 is 0. The Morgan fingerprint density at radius 2 is 1.73 bits per heavy atom. The summed E-state index contributed by atoms with van der Waals surface area (Å²) in [6.07, 6.45) is 1.67. The van der Waals surface area contributed by atoms with E-state index in [0.717, 1.165) is 22.8 Å². The van der Waals surface area contributed by atoms with Crippen molar-refractivity contribution in [2.24, 2.45) is 0 Å². The zero-order chi connectivity index (χ0) is 21.7.